The predicted octanol–water partition coefficient (Wildman–Crippen LogP) is 2.43. The molecule has 0 rings (SSSR count). The summed E-state index contributed by atoms with van der Waals surface area (Å²) in [5, 5.41) is 8.27. The Bertz CT molecular complexity index is 94.1. The van der Waals surface area contributed by atoms with Crippen molar-refractivity contribution in [1.29, 1.82) is 0 Å². The molecule has 2 nitrogen and oxygen atoms in total. The molecule has 11 heavy (non-hydrogen) atoms. The van der Waals surface area contributed by atoms with Gasteiger partial charge < -0.3 is 5.11 Å². The van der Waals surface area contributed by atoms with Gasteiger partial charge in [-0.2, -0.15) is 0 Å². The van der Waals surface area contributed by atoms with Crippen molar-refractivity contribution in [3.63, 3.8) is 0 Å². The summed E-state index contributed by atoms with van der Waals surface area (Å²) in [6.07, 6.45) is 5.88. The molecule has 0 aliphatic rings. The van der Waals surface area contributed by atoms with Gasteiger partial charge in [0.05, 0.1) is 0 Å². The average Bonchev–Trinajstić information content (AvgIpc) is 1.87. The zero-order valence-corrected chi connectivity index (χ0v) is 9.40. The molecule has 1 radical (unpaired) electrons. The fourth-order valence-corrected chi connectivity index (χ4v) is 0.880. The van der Waals surface area contributed by atoms with Gasteiger partial charge in [-0.3, -0.25) is 4.79 Å². The van der Waals surface area contributed by atoms with E-state index >= 15 is 0 Å². The summed E-state index contributed by atoms with van der Waals surface area (Å²) in [5.74, 6) is -0.670. The normalized spacial score (nSPS) is 8.82. The number of rotatable bonds is 6. The molecule has 0 heterocycles. The second-order valence-corrected chi connectivity index (χ2v) is 2.56. The molecule has 0 saturated heterocycles. The Morgan fingerprint density at radius 1 is 1.18 bits per heavy atom. The van der Waals surface area contributed by atoms with E-state index in [-0.39, 0.29) is 49.4 Å². The molecule has 67 valence electrons. The van der Waals surface area contributed by atoms with Gasteiger partial charge in [0.25, 0.3) is 0 Å². The van der Waals surface area contributed by atoms with Crippen LogP contribution in [0.4, 0.5) is 0 Å². The van der Waals surface area contributed by atoms with Crippen molar-refractivity contribution in [2.75, 3.05) is 0 Å². The number of hydrogen-bond acceptors (Lipinski definition) is 1. The van der Waals surface area contributed by atoms with E-state index in [4.69, 9.17) is 5.11 Å². The molecule has 0 aliphatic heterocycles. The third-order valence-electron chi connectivity index (χ3n) is 1.49. The van der Waals surface area contributed by atoms with Gasteiger partial charge in [-0.15, -0.1) is 0 Å². The van der Waals surface area contributed by atoms with E-state index in [0.717, 1.165) is 12.8 Å². The van der Waals surface area contributed by atoms with Gasteiger partial charge in [0, 0.05) is 55.8 Å². The van der Waals surface area contributed by atoms with Gasteiger partial charge in [0.1, 0.15) is 0 Å². The van der Waals surface area contributed by atoms with Gasteiger partial charge in [-0.25, -0.2) is 0 Å². The summed E-state index contributed by atoms with van der Waals surface area (Å²) in [6, 6.07) is 0. The Kier molecular flexibility index (Phi) is 14.6. The zero-order chi connectivity index (χ0) is 7.82. The number of hydrogen-bond donors (Lipinski definition) is 1. The van der Waals surface area contributed by atoms with Crippen LogP contribution < -0.4 is 0 Å². The molecule has 0 spiro atoms. The first-order valence-corrected chi connectivity index (χ1v) is 3.99. The van der Waals surface area contributed by atoms with Crippen molar-refractivity contribution >= 4 is 5.97 Å². The SMILES string of the molecule is CCCCCCCC(=O)O.[Eu]. The monoisotopic (exact) mass is 297 g/mol. The molecule has 0 atom stereocenters. The van der Waals surface area contributed by atoms with Gasteiger partial charge in [-0.1, -0.05) is 32.6 Å². The predicted molar refractivity (Wildman–Crippen MR) is 41.0 cm³/mol. The van der Waals surface area contributed by atoms with Crippen molar-refractivity contribution in [3.05, 3.63) is 0 Å². The molecule has 0 aliphatic carbocycles. The molecular weight excluding hydrogens is 280 g/mol. The third-order valence-corrected chi connectivity index (χ3v) is 1.49. The van der Waals surface area contributed by atoms with E-state index in [1.807, 2.05) is 0 Å². The number of carboxylic acids is 1. The molecule has 0 aromatic heterocycles. The zero-order valence-electron chi connectivity index (χ0n) is 6.98. The maximum Gasteiger partial charge on any atom is 0.303 e. The smallest absolute Gasteiger partial charge is 0.303 e. The minimum Gasteiger partial charge on any atom is -0.481 e. The molecule has 0 amide bonds. The third kappa shape index (κ3) is 14.0. The number of aliphatic carboxylic acids is 1. The first-order chi connectivity index (χ1) is 4.77. The second-order valence-electron chi connectivity index (χ2n) is 2.56. The Morgan fingerprint density at radius 3 is 2.18 bits per heavy atom. The fraction of sp³-hybridized carbons (Fsp3) is 0.875. The molecule has 1 N–H and O–H groups in total. The largest absolute Gasteiger partial charge is 0.481 e. The average molecular weight is 296 g/mol. The van der Waals surface area contributed by atoms with E-state index in [9.17, 15) is 4.79 Å². The van der Waals surface area contributed by atoms with Crippen LogP contribution in [0, 0.1) is 49.4 Å². The van der Waals surface area contributed by atoms with Crippen LogP contribution in [0.15, 0.2) is 0 Å². The summed E-state index contributed by atoms with van der Waals surface area (Å²) in [4.78, 5) is 10.0. The van der Waals surface area contributed by atoms with Crippen LogP contribution in [0.25, 0.3) is 0 Å². The first kappa shape index (κ1) is 14.6. The van der Waals surface area contributed by atoms with E-state index in [2.05, 4.69) is 6.92 Å². The van der Waals surface area contributed by atoms with Crippen molar-refractivity contribution in [3.8, 4) is 0 Å². The number of unbranched alkanes of at least 4 members (excludes halogenated alkanes) is 4. The minimum absolute atomic E-state index is 0. The number of carbonyl (C=O) groups is 1. The molecule has 3 heteroatoms. The van der Waals surface area contributed by atoms with E-state index < -0.39 is 5.97 Å². The van der Waals surface area contributed by atoms with Crippen molar-refractivity contribution in [2.24, 2.45) is 0 Å². The quantitative estimate of drug-likeness (QED) is 0.764. The van der Waals surface area contributed by atoms with Crippen LogP contribution in [0.2, 0.25) is 0 Å². The van der Waals surface area contributed by atoms with Crippen LogP contribution >= 0.6 is 0 Å². The van der Waals surface area contributed by atoms with Gasteiger partial charge in [0.2, 0.25) is 0 Å². The molecule has 0 bridgehead atoms. The van der Waals surface area contributed by atoms with Crippen molar-refractivity contribution in [1.82, 2.24) is 0 Å². The summed E-state index contributed by atoms with van der Waals surface area (Å²) >= 11 is 0. The summed E-state index contributed by atoms with van der Waals surface area (Å²) in [7, 11) is 0. The molecule has 0 unspecified atom stereocenters. The van der Waals surface area contributed by atoms with Crippen molar-refractivity contribution < 1.29 is 59.3 Å². The molecule has 0 fully saturated rings. The summed E-state index contributed by atoms with van der Waals surface area (Å²) in [5.41, 5.74) is 0. The van der Waals surface area contributed by atoms with E-state index in [1.165, 1.54) is 19.3 Å². The van der Waals surface area contributed by atoms with Gasteiger partial charge in [-0.05, 0) is 6.42 Å². The second kappa shape index (κ2) is 11.1. The van der Waals surface area contributed by atoms with Gasteiger partial charge in [0.15, 0.2) is 0 Å². The van der Waals surface area contributed by atoms with E-state index in [1.54, 1.807) is 0 Å². The maximum absolute atomic E-state index is 10.0. The Hall–Kier alpha value is 1.05. The van der Waals surface area contributed by atoms with Crippen LogP contribution in [-0.4, -0.2) is 11.1 Å². The van der Waals surface area contributed by atoms with Crippen LogP contribution in [0.1, 0.15) is 45.4 Å². The Balaban J connectivity index is 0. The number of carboxylic acid groups (broad SMARTS) is 1. The van der Waals surface area contributed by atoms with Crippen LogP contribution in [0.3, 0.4) is 0 Å². The molecular formula is C8H16EuO2. The summed E-state index contributed by atoms with van der Waals surface area (Å²) in [6.45, 7) is 2.15. The fourth-order valence-electron chi connectivity index (χ4n) is 0.880. The molecule has 0 aromatic carbocycles. The van der Waals surface area contributed by atoms with Crippen LogP contribution in [0.5, 0.6) is 0 Å². The summed E-state index contributed by atoms with van der Waals surface area (Å²) < 4.78 is 0. The standard InChI is InChI=1S/C8H16O2.Eu/c1-2-3-4-5-6-7-8(9)10;/h2-7H2,1H3,(H,9,10);. The molecule has 0 saturated carbocycles. The van der Waals surface area contributed by atoms with Gasteiger partial charge >= 0.3 is 5.97 Å². The van der Waals surface area contributed by atoms with Crippen LogP contribution in [-0.2, 0) is 4.79 Å². The first-order valence-electron chi connectivity index (χ1n) is 3.99. The minimum atomic E-state index is -0.670. The van der Waals surface area contributed by atoms with Crippen molar-refractivity contribution in [2.45, 2.75) is 45.4 Å². The Morgan fingerprint density at radius 2 is 1.73 bits per heavy atom. The Labute approximate surface area is 109 Å². The topological polar surface area (TPSA) is 37.3 Å². The molecule has 0 aromatic rings. The van der Waals surface area contributed by atoms with E-state index in [0.29, 0.717) is 6.42 Å². The maximum atomic E-state index is 10.0.